The van der Waals surface area contributed by atoms with Crippen molar-refractivity contribution in [1.82, 2.24) is 16.1 Å². The van der Waals surface area contributed by atoms with E-state index in [-0.39, 0.29) is 5.91 Å². The standard InChI is InChI=1S/C11H23N5O/c1-2-13-10(17)7-8-14-11(16-12)15-9-5-3-4-6-9/h9H,2-8,12H2,1H3,(H,13,17)(H2,14,15,16). The Morgan fingerprint density at radius 3 is 2.71 bits per heavy atom. The molecular weight excluding hydrogens is 218 g/mol. The summed E-state index contributed by atoms with van der Waals surface area (Å²) in [6.07, 6.45) is 5.24. The quantitative estimate of drug-likeness (QED) is 0.233. The summed E-state index contributed by atoms with van der Waals surface area (Å²) >= 11 is 0. The highest BCUT2D eigenvalue weighted by Crippen LogP contribution is 2.17. The van der Waals surface area contributed by atoms with Crippen LogP contribution in [0.4, 0.5) is 0 Å². The predicted molar refractivity (Wildman–Crippen MR) is 68.3 cm³/mol. The van der Waals surface area contributed by atoms with Crippen molar-refractivity contribution in [3.63, 3.8) is 0 Å². The molecule has 0 atom stereocenters. The fraction of sp³-hybridized carbons (Fsp3) is 0.818. The normalized spacial score (nSPS) is 16.9. The van der Waals surface area contributed by atoms with Gasteiger partial charge >= 0.3 is 0 Å². The lowest BCUT2D eigenvalue weighted by atomic mass is 10.2. The van der Waals surface area contributed by atoms with Gasteiger partial charge in [-0.1, -0.05) is 12.8 Å². The van der Waals surface area contributed by atoms with E-state index in [1.54, 1.807) is 0 Å². The lowest BCUT2D eigenvalue weighted by molar-refractivity contribution is -0.120. The number of hydrazine groups is 1. The van der Waals surface area contributed by atoms with E-state index in [0.29, 0.717) is 31.5 Å². The third-order valence-corrected chi connectivity index (χ3v) is 2.82. The van der Waals surface area contributed by atoms with E-state index in [4.69, 9.17) is 5.84 Å². The van der Waals surface area contributed by atoms with Crippen LogP contribution in [0.1, 0.15) is 39.0 Å². The van der Waals surface area contributed by atoms with Crippen LogP contribution in [0.5, 0.6) is 0 Å². The van der Waals surface area contributed by atoms with E-state index in [1.165, 1.54) is 12.8 Å². The molecule has 0 saturated heterocycles. The molecule has 1 aliphatic rings. The second kappa shape index (κ2) is 7.89. The number of rotatable bonds is 5. The van der Waals surface area contributed by atoms with Crippen molar-refractivity contribution in [2.75, 3.05) is 13.1 Å². The molecule has 0 radical (unpaired) electrons. The van der Waals surface area contributed by atoms with Gasteiger partial charge in [0.2, 0.25) is 11.9 Å². The van der Waals surface area contributed by atoms with Crippen LogP contribution in [0.2, 0.25) is 0 Å². The average molecular weight is 241 g/mol. The summed E-state index contributed by atoms with van der Waals surface area (Å²) in [5.41, 5.74) is 2.54. The number of amides is 1. The maximum Gasteiger partial charge on any atom is 0.221 e. The molecule has 0 aliphatic heterocycles. The molecule has 1 fully saturated rings. The first-order valence-corrected chi connectivity index (χ1v) is 6.30. The molecule has 1 aliphatic carbocycles. The summed E-state index contributed by atoms with van der Waals surface area (Å²) in [7, 11) is 0. The van der Waals surface area contributed by atoms with Gasteiger partial charge in [-0.25, -0.2) is 5.84 Å². The van der Waals surface area contributed by atoms with Crippen LogP contribution < -0.4 is 21.9 Å². The fourth-order valence-corrected chi connectivity index (χ4v) is 1.95. The van der Waals surface area contributed by atoms with Crippen molar-refractivity contribution in [2.24, 2.45) is 10.8 Å². The van der Waals surface area contributed by atoms with Gasteiger partial charge in [0.1, 0.15) is 0 Å². The van der Waals surface area contributed by atoms with Gasteiger partial charge in [-0.3, -0.25) is 15.2 Å². The third kappa shape index (κ3) is 5.53. The molecule has 0 aromatic heterocycles. The summed E-state index contributed by atoms with van der Waals surface area (Å²) in [5, 5.41) is 5.98. The SMILES string of the molecule is CCNC(=O)CCN=C(NN)NC1CCCC1. The Morgan fingerprint density at radius 1 is 1.41 bits per heavy atom. The van der Waals surface area contributed by atoms with Gasteiger partial charge in [0, 0.05) is 19.0 Å². The zero-order valence-corrected chi connectivity index (χ0v) is 10.5. The van der Waals surface area contributed by atoms with Crippen molar-refractivity contribution in [3.05, 3.63) is 0 Å². The van der Waals surface area contributed by atoms with Gasteiger partial charge in [-0.15, -0.1) is 0 Å². The maximum absolute atomic E-state index is 11.2. The number of aliphatic imine (C=N–C) groups is 1. The van der Waals surface area contributed by atoms with Crippen LogP contribution in [-0.4, -0.2) is 31.0 Å². The van der Waals surface area contributed by atoms with Crippen molar-refractivity contribution in [2.45, 2.75) is 45.1 Å². The van der Waals surface area contributed by atoms with E-state index in [9.17, 15) is 4.79 Å². The topological polar surface area (TPSA) is 91.5 Å². The molecule has 0 aromatic carbocycles. The first-order chi connectivity index (χ1) is 8.26. The molecule has 0 aromatic rings. The minimum atomic E-state index is 0.0217. The summed E-state index contributed by atoms with van der Waals surface area (Å²) in [4.78, 5) is 15.4. The second-order valence-corrected chi connectivity index (χ2v) is 4.20. The Kier molecular flexibility index (Phi) is 6.39. The number of hydrogen-bond donors (Lipinski definition) is 4. The Hall–Kier alpha value is -1.30. The van der Waals surface area contributed by atoms with Gasteiger partial charge < -0.3 is 10.6 Å². The third-order valence-electron chi connectivity index (χ3n) is 2.82. The number of carbonyl (C=O) groups is 1. The zero-order valence-electron chi connectivity index (χ0n) is 10.5. The minimum Gasteiger partial charge on any atom is -0.356 e. The average Bonchev–Trinajstić information content (AvgIpc) is 2.81. The molecule has 0 unspecified atom stereocenters. The van der Waals surface area contributed by atoms with E-state index in [1.807, 2.05) is 6.92 Å². The summed E-state index contributed by atoms with van der Waals surface area (Å²) in [6, 6.07) is 0.467. The number of hydrogen-bond acceptors (Lipinski definition) is 3. The molecule has 6 nitrogen and oxygen atoms in total. The van der Waals surface area contributed by atoms with Crippen molar-refractivity contribution in [3.8, 4) is 0 Å². The van der Waals surface area contributed by atoms with Gasteiger partial charge in [0.25, 0.3) is 0 Å². The zero-order chi connectivity index (χ0) is 12.5. The van der Waals surface area contributed by atoms with E-state index in [2.05, 4.69) is 21.1 Å². The smallest absolute Gasteiger partial charge is 0.221 e. The molecule has 0 spiro atoms. The van der Waals surface area contributed by atoms with Crippen LogP contribution in [0.15, 0.2) is 4.99 Å². The molecule has 0 heterocycles. The first kappa shape index (κ1) is 13.8. The first-order valence-electron chi connectivity index (χ1n) is 6.30. The number of carbonyl (C=O) groups excluding carboxylic acids is 1. The van der Waals surface area contributed by atoms with E-state index >= 15 is 0 Å². The van der Waals surface area contributed by atoms with Gasteiger partial charge in [0.05, 0.1) is 6.54 Å². The minimum absolute atomic E-state index is 0.0217. The van der Waals surface area contributed by atoms with Crippen LogP contribution in [0.25, 0.3) is 0 Å². The van der Waals surface area contributed by atoms with Crippen molar-refractivity contribution < 1.29 is 4.79 Å². The molecule has 0 bridgehead atoms. The lowest BCUT2D eigenvalue weighted by Crippen LogP contribution is -2.45. The number of guanidine groups is 1. The Morgan fingerprint density at radius 2 is 2.12 bits per heavy atom. The molecule has 1 rings (SSSR count). The monoisotopic (exact) mass is 241 g/mol. The molecular formula is C11H23N5O. The van der Waals surface area contributed by atoms with E-state index in [0.717, 1.165) is 12.8 Å². The lowest BCUT2D eigenvalue weighted by Gasteiger charge is -2.14. The van der Waals surface area contributed by atoms with Gasteiger partial charge in [0.15, 0.2) is 0 Å². The number of nitrogens with zero attached hydrogens (tertiary/aromatic N) is 1. The van der Waals surface area contributed by atoms with Crippen LogP contribution in [-0.2, 0) is 4.79 Å². The van der Waals surface area contributed by atoms with Crippen molar-refractivity contribution in [1.29, 1.82) is 0 Å². The molecule has 1 amide bonds. The predicted octanol–water partition coefficient (Wildman–Crippen LogP) is -0.136. The molecule has 98 valence electrons. The highest BCUT2D eigenvalue weighted by atomic mass is 16.1. The molecule has 17 heavy (non-hydrogen) atoms. The van der Waals surface area contributed by atoms with Crippen molar-refractivity contribution >= 4 is 11.9 Å². The largest absolute Gasteiger partial charge is 0.356 e. The highest BCUT2D eigenvalue weighted by Gasteiger charge is 2.15. The van der Waals surface area contributed by atoms with Crippen LogP contribution >= 0.6 is 0 Å². The number of nitrogens with one attached hydrogen (secondary N) is 3. The molecule has 6 heteroatoms. The van der Waals surface area contributed by atoms with Gasteiger partial charge in [-0.2, -0.15) is 0 Å². The molecule has 5 N–H and O–H groups in total. The van der Waals surface area contributed by atoms with E-state index < -0.39 is 0 Å². The Balaban J connectivity index is 2.25. The summed E-state index contributed by atoms with van der Waals surface area (Å²) in [6.45, 7) is 3.01. The van der Waals surface area contributed by atoms with Crippen LogP contribution in [0.3, 0.4) is 0 Å². The highest BCUT2D eigenvalue weighted by molar-refractivity contribution is 5.80. The summed E-state index contributed by atoms with van der Waals surface area (Å²) < 4.78 is 0. The fourth-order valence-electron chi connectivity index (χ4n) is 1.95. The van der Waals surface area contributed by atoms with Gasteiger partial charge in [-0.05, 0) is 19.8 Å². The molecule has 1 saturated carbocycles. The Bertz CT molecular complexity index is 261. The maximum atomic E-state index is 11.2. The summed E-state index contributed by atoms with van der Waals surface area (Å²) in [5.74, 6) is 5.99. The number of nitrogens with two attached hydrogens (primary N) is 1. The van der Waals surface area contributed by atoms with Crippen LogP contribution in [0, 0.1) is 0 Å². The second-order valence-electron chi connectivity index (χ2n) is 4.20. The Labute approximate surface area is 102 Å².